The predicted molar refractivity (Wildman–Crippen MR) is 90.8 cm³/mol. The summed E-state index contributed by atoms with van der Waals surface area (Å²) in [6.07, 6.45) is 1.18. The van der Waals surface area contributed by atoms with Crippen LogP contribution in [0.15, 0.2) is 24.3 Å². The van der Waals surface area contributed by atoms with E-state index in [2.05, 4.69) is 5.10 Å². The van der Waals surface area contributed by atoms with Crippen molar-refractivity contribution in [1.29, 1.82) is 0 Å². The fraction of sp³-hybridized carbons (Fsp3) is 0.389. The minimum Gasteiger partial charge on any atom is -0.369 e. The number of likely N-dealkylation sites (tertiary alicyclic amines) is 1. The lowest BCUT2D eigenvalue weighted by Crippen LogP contribution is -2.42. The van der Waals surface area contributed by atoms with Crippen LogP contribution in [0.25, 0.3) is 5.69 Å². The highest BCUT2D eigenvalue weighted by Crippen LogP contribution is 2.23. The number of hydrogen-bond donors (Lipinski definition) is 1. The van der Waals surface area contributed by atoms with E-state index in [1.807, 2.05) is 6.92 Å². The summed E-state index contributed by atoms with van der Waals surface area (Å²) >= 11 is 0. The van der Waals surface area contributed by atoms with Crippen LogP contribution in [0.4, 0.5) is 4.39 Å². The van der Waals surface area contributed by atoms with Gasteiger partial charge in [0, 0.05) is 19.0 Å². The molecule has 7 heteroatoms. The van der Waals surface area contributed by atoms with Crippen molar-refractivity contribution in [3.05, 3.63) is 47.0 Å². The molecule has 2 aromatic rings. The van der Waals surface area contributed by atoms with Crippen LogP contribution in [0.1, 0.15) is 34.6 Å². The maximum atomic E-state index is 13.1. The highest BCUT2D eigenvalue weighted by Gasteiger charge is 2.29. The number of nitrogens with two attached hydrogens (primary N) is 1. The fourth-order valence-corrected chi connectivity index (χ4v) is 3.31. The lowest BCUT2D eigenvalue weighted by molar-refractivity contribution is -0.123. The van der Waals surface area contributed by atoms with E-state index in [-0.39, 0.29) is 23.5 Å². The zero-order chi connectivity index (χ0) is 18.1. The monoisotopic (exact) mass is 344 g/mol. The average Bonchev–Trinajstić information content (AvgIpc) is 2.89. The topological polar surface area (TPSA) is 81.2 Å². The van der Waals surface area contributed by atoms with Gasteiger partial charge in [0.1, 0.15) is 5.82 Å². The van der Waals surface area contributed by atoms with Crippen LogP contribution in [0.3, 0.4) is 0 Å². The summed E-state index contributed by atoms with van der Waals surface area (Å²) in [4.78, 5) is 25.9. The molecule has 1 saturated heterocycles. The Kier molecular flexibility index (Phi) is 4.57. The summed E-state index contributed by atoms with van der Waals surface area (Å²) < 4.78 is 14.8. The SMILES string of the molecule is Cc1nn(-c2ccc(F)cc2)c(C)c1C(=O)N1CCC(C(N)=O)CC1. The molecule has 25 heavy (non-hydrogen) atoms. The molecule has 1 fully saturated rings. The van der Waals surface area contributed by atoms with Crippen molar-refractivity contribution in [3.8, 4) is 5.69 Å². The maximum Gasteiger partial charge on any atom is 0.257 e. The molecule has 1 aliphatic heterocycles. The summed E-state index contributed by atoms with van der Waals surface area (Å²) in [6, 6.07) is 5.98. The number of nitrogens with zero attached hydrogens (tertiary/aromatic N) is 3. The van der Waals surface area contributed by atoms with Crippen LogP contribution >= 0.6 is 0 Å². The number of carbonyl (C=O) groups is 2. The summed E-state index contributed by atoms with van der Waals surface area (Å²) in [5.74, 6) is -0.873. The van der Waals surface area contributed by atoms with Crippen LogP contribution in [-0.2, 0) is 4.79 Å². The molecule has 6 nitrogen and oxygen atoms in total. The van der Waals surface area contributed by atoms with Crippen LogP contribution < -0.4 is 5.73 Å². The van der Waals surface area contributed by atoms with Crippen molar-refractivity contribution in [1.82, 2.24) is 14.7 Å². The van der Waals surface area contributed by atoms with Gasteiger partial charge >= 0.3 is 0 Å². The van der Waals surface area contributed by atoms with E-state index in [4.69, 9.17) is 5.73 Å². The molecule has 0 saturated carbocycles. The van der Waals surface area contributed by atoms with Gasteiger partial charge in [-0.05, 0) is 51.0 Å². The second kappa shape index (κ2) is 6.66. The Morgan fingerprint density at radius 2 is 1.76 bits per heavy atom. The maximum absolute atomic E-state index is 13.1. The van der Waals surface area contributed by atoms with Gasteiger partial charge in [0.05, 0.1) is 22.6 Å². The number of piperidine rings is 1. The number of halogens is 1. The normalized spacial score (nSPS) is 15.4. The molecular formula is C18H21FN4O2. The molecule has 0 bridgehead atoms. The number of carbonyl (C=O) groups excluding carboxylic acids is 2. The molecule has 0 radical (unpaired) electrons. The van der Waals surface area contributed by atoms with Gasteiger partial charge in [-0.1, -0.05) is 0 Å². The number of aryl methyl sites for hydroxylation is 1. The molecule has 2 N–H and O–H groups in total. The molecule has 0 atom stereocenters. The van der Waals surface area contributed by atoms with Gasteiger partial charge in [-0.2, -0.15) is 5.10 Å². The number of benzene rings is 1. The average molecular weight is 344 g/mol. The third kappa shape index (κ3) is 3.26. The molecule has 2 heterocycles. The molecule has 0 aliphatic carbocycles. The minimum atomic E-state index is -0.320. The molecule has 3 rings (SSSR count). The second-order valence-corrected chi connectivity index (χ2v) is 6.40. The van der Waals surface area contributed by atoms with Crippen molar-refractivity contribution < 1.29 is 14.0 Å². The fourth-order valence-electron chi connectivity index (χ4n) is 3.31. The molecule has 0 spiro atoms. The zero-order valence-electron chi connectivity index (χ0n) is 14.3. The first-order valence-corrected chi connectivity index (χ1v) is 8.29. The van der Waals surface area contributed by atoms with Crippen LogP contribution in [-0.4, -0.2) is 39.6 Å². The Morgan fingerprint density at radius 1 is 1.16 bits per heavy atom. The van der Waals surface area contributed by atoms with Gasteiger partial charge < -0.3 is 10.6 Å². The molecule has 2 amide bonds. The van der Waals surface area contributed by atoms with E-state index < -0.39 is 0 Å². The van der Waals surface area contributed by atoms with Gasteiger partial charge in [0.25, 0.3) is 5.91 Å². The Balaban J connectivity index is 1.84. The van der Waals surface area contributed by atoms with E-state index >= 15 is 0 Å². The van der Waals surface area contributed by atoms with E-state index in [1.54, 1.807) is 28.6 Å². The summed E-state index contributed by atoms with van der Waals surface area (Å²) in [7, 11) is 0. The smallest absolute Gasteiger partial charge is 0.257 e. The van der Waals surface area contributed by atoms with E-state index in [1.165, 1.54) is 12.1 Å². The highest BCUT2D eigenvalue weighted by atomic mass is 19.1. The predicted octanol–water partition coefficient (Wildman–Crippen LogP) is 1.97. The Bertz CT molecular complexity index is 805. The van der Waals surface area contributed by atoms with Crippen molar-refractivity contribution in [2.75, 3.05) is 13.1 Å². The summed E-state index contributed by atoms with van der Waals surface area (Å²) in [5.41, 5.74) is 7.95. The Hall–Kier alpha value is -2.70. The first kappa shape index (κ1) is 17.1. The standard InChI is InChI=1S/C18H21FN4O2/c1-11-16(18(25)22-9-7-13(8-10-22)17(20)24)12(2)23(21-11)15-5-3-14(19)4-6-15/h3-6,13H,7-10H2,1-2H3,(H2,20,24). The molecule has 0 unspecified atom stereocenters. The van der Waals surface area contributed by atoms with Gasteiger partial charge in [0.15, 0.2) is 0 Å². The third-order valence-corrected chi connectivity index (χ3v) is 4.76. The van der Waals surface area contributed by atoms with Crippen molar-refractivity contribution >= 4 is 11.8 Å². The van der Waals surface area contributed by atoms with Crippen molar-refractivity contribution in [2.24, 2.45) is 11.7 Å². The summed E-state index contributed by atoms with van der Waals surface area (Å²) in [6.45, 7) is 4.63. The quantitative estimate of drug-likeness (QED) is 0.924. The van der Waals surface area contributed by atoms with Crippen LogP contribution in [0, 0.1) is 25.6 Å². The zero-order valence-corrected chi connectivity index (χ0v) is 14.3. The molecule has 1 aromatic carbocycles. The van der Waals surface area contributed by atoms with Crippen molar-refractivity contribution in [2.45, 2.75) is 26.7 Å². The Morgan fingerprint density at radius 3 is 2.32 bits per heavy atom. The van der Waals surface area contributed by atoms with E-state index in [0.29, 0.717) is 48.6 Å². The number of primary amides is 1. The van der Waals surface area contributed by atoms with E-state index in [0.717, 1.165) is 0 Å². The Labute approximate surface area is 145 Å². The summed E-state index contributed by atoms with van der Waals surface area (Å²) in [5, 5.41) is 4.44. The number of hydrogen-bond acceptors (Lipinski definition) is 3. The first-order chi connectivity index (χ1) is 11.9. The van der Waals surface area contributed by atoms with E-state index in [9.17, 15) is 14.0 Å². The lowest BCUT2D eigenvalue weighted by Gasteiger charge is -2.30. The number of amides is 2. The molecular weight excluding hydrogens is 323 g/mol. The molecule has 1 aliphatic rings. The largest absolute Gasteiger partial charge is 0.369 e. The highest BCUT2D eigenvalue weighted by molar-refractivity contribution is 5.96. The van der Waals surface area contributed by atoms with Crippen LogP contribution in [0.2, 0.25) is 0 Å². The van der Waals surface area contributed by atoms with Gasteiger partial charge in [-0.15, -0.1) is 0 Å². The van der Waals surface area contributed by atoms with Crippen molar-refractivity contribution in [3.63, 3.8) is 0 Å². The lowest BCUT2D eigenvalue weighted by atomic mass is 9.95. The minimum absolute atomic E-state index is 0.0914. The second-order valence-electron chi connectivity index (χ2n) is 6.40. The van der Waals surface area contributed by atoms with Gasteiger partial charge in [-0.25, -0.2) is 9.07 Å². The first-order valence-electron chi connectivity index (χ1n) is 8.29. The van der Waals surface area contributed by atoms with Gasteiger partial charge in [0.2, 0.25) is 5.91 Å². The van der Waals surface area contributed by atoms with Gasteiger partial charge in [-0.3, -0.25) is 9.59 Å². The number of aromatic nitrogens is 2. The number of rotatable bonds is 3. The molecule has 1 aromatic heterocycles. The molecule has 132 valence electrons. The third-order valence-electron chi connectivity index (χ3n) is 4.76. The van der Waals surface area contributed by atoms with Crippen LogP contribution in [0.5, 0.6) is 0 Å².